The third kappa shape index (κ3) is 4.65. The summed E-state index contributed by atoms with van der Waals surface area (Å²) in [6.45, 7) is 8.13. The molecule has 0 heterocycles. The molecule has 3 N–H and O–H groups in total. The minimum absolute atomic E-state index is 0.105. The van der Waals surface area contributed by atoms with Gasteiger partial charge >= 0.3 is 0 Å². The van der Waals surface area contributed by atoms with Gasteiger partial charge in [0.25, 0.3) is 0 Å². The summed E-state index contributed by atoms with van der Waals surface area (Å²) >= 11 is 0. The molecule has 1 fully saturated rings. The molecule has 0 bridgehead atoms. The molecule has 0 aromatic heterocycles. The maximum absolute atomic E-state index is 11.7. The smallest absolute Gasteiger partial charge is 0.150 e. The standard InChI is InChI=1S/C15H33N3O2S/c1-4-18(5-2)15(11-7-8-12-15)14(17-16)10-9-13-21(19,20)6-3/h14,17H,4-13,16H2,1-3H3. The number of rotatable bonds is 10. The van der Waals surface area contributed by atoms with Crippen LogP contribution in [0.1, 0.15) is 59.3 Å². The van der Waals surface area contributed by atoms with E-state index >= 15 is 0 Å². The number of sulfone groups is 1. The molecule has 1 atom stereocenters. The van der Waals surface area contributed by atoms with Crippen LogP contribution >= 0.6 is 0 Å². The van der Waals surface area contributed by atoms with Crippen molar-refractivity contribution < 1.29 is 8.42 Å². The Bertz CT molecular complexity index is 388. The number of hydrazine groups is 1. The summed E-state index contributed by atoms with van der Waals surface area (Å²) in [6.07, 6.45) is 6.30. The second kappa shape index (κ2) is 8.46. The zero-order chi connectivity index (χ0) is 15.9. The summed E-state index contributed by atoms with van der Waals surface area (Å²) in [6, 6.07) is 0.173. The highest BCUT2D eigenvalue weighted by Gasteiger charge is 2.44. The van der Waals surface area contributed by atoms with Crippen molar-refractivity contribution in [1.82, 2.24) is 10.3 Å². The van der Waals surface area contributed by atoms with E-state index in [0.717, 1.165) is 32.4 Å². The minimum atomic E-state index is -2.88. The molecule has 126 valence electrons. The van der Waals surface area contributed by atoms with Gasteiger partial charge < -0.3 is 0 Å². The quantitative estimate of drug-likeness (QED) is 0.473. The first-order chi connectivity index (χ1) is 9.95. The second-order valence-corrected chi connectivity index (χ2v) is 8.55. The Kier molecular flexibility index (Phi) is 7.60. The van der Waals surface area contributed by atoms with Crippen molar-refractivity contribution in [2.45, 2.75) is 70.9 Å². The van der Waals surface area contributed by atoms with E-state index in [9.17, 15) is 8.42 Å². The minimum Gasteiger partial charge on any atom is -0.297 e. The van der Waals surface area contributed by atoms with E-state index in [4.69, 9.17) is 5.84 Å². The number of nitrogens with zero attached hydrogens (tertiary/aromatic N) is 1. The topological polar surface area (TPSA) is 75.4 Å². The number of hydrogen-bond acceptors (Lipinski definition) is 5. The van der Waals surface area contributed by atoms with Gasteiger partial charge in [-0.2, -0.15) is 0 Å². The van der Waals surface area contributed by atoms with E-state index < -0.39 is 9.84 Å². The fourth-order valence-electron chi connectivity index (χ4n) is 3.88. The Morgan fingerprint density at radius 2 is 1.76 bits per heavy atom. The van der Waals surface area contributed by atoms with Crippen LogP contribution < -0.4 is 11.3 Å². The molecule has 1 aliphatic rings. The lowest BCUT2D eigenvalue weighted by Crippen LogP contribution is -2.61. The Morgan fingerprint density at radius 3 is 2.19 bits per heavy atom. The predicted octanol–water partition coefficient (Wildman–Crippen LogP) is 1.69. The van der Waals surface area contributed by atoms with Crippen molar-refractivity contribution in [3.05, 3.63) is 0 Å². The van der Waals surface area contributed by atoms with Crippen LogP contribution in [0.2, 0.25) is 0 Å². The van der Waals surface area contributed by atoms with Crippen LogP contribution in [0.3, 0.4) is 0 Å². The molecule has 0 saturated heterocycles. The number of nitrogens with two attached hydrogens (primary N) is 1. The maximum atomic E-state index is 11.7. The first-order valence-electron chi connectivity index (χ1n) is 8.37. The molecule has 5 nitrogen and oxygen atoms in total. The van der Waals surface area contributed by atoms with Crippen molar-refractivity contribution in [1.29, 1.82) is 0 Å². The third-order valence-corrected chi connectivity index (χ3v) is 6.89. The van der Waals surface area contributed by atoms with Crippen LogP contribution in [0.5, 0.6) is 0 Å². The van der Waals surface area contributed by atoms with Crippen molar-refractivity contribution in [2.75, 3.05) is 24.6 Å². The highest BCUT2D eigenvalue weighted by Crippen LogP contribution is 2.39. The van der Waals surface area contributed by atoms with Crippen LogP contribution in [0.15, 0.2) is 0 Å². The molecule has 1 aliphatic carbocycles. The third-order valence-electron chi connectivity index (χ3n) is 5.10. The number of likely N-dealkylation sites (N-methyl/N-ethyl adjacent to an activating group) is 1. The molecule has 6 heteroatoms. The van der Waals surface area contributed by atoms with Gasteiger partial charge in [-0.25, -0.2) is 8.42 Å². The summed E-state index contributed by atoms with van der Waals surface area (Å²) in [5.41, 5.74) is 3.11. The molecule has 0 radical (unpaired) electrons. The normalized spacial score (nSPS) is 20.0. The van der Waals surface area contributed by atoms with Crippen LogP contribution in [-0.4, -0.2) is 49.5 Å². The van der Waals surface area contributed by atoms with Gasteiger partial charge in [-0.15, -0.1) is 0 Å². The van der Waals surface area contributed by atoms with Crippen LogP contribution in [0.25, 0.3) is 0 Å². The lowest BCUT2D eigenvalue weighted by Gasteiger charge is -2.46. The number of hydrogen-bond donors (Lipinski definition) is 2. The molecule has 1 rings (SSSR count). The van der Waals surface area contributed by atoms with Gasteiger partial charge in [-0.05, 0) is 38.8 Å². The molecular weight excluding hydrogens is 286 g/mol. The Morgan fingerprint density at radius 1 is 1.19 bits per heavy atom. The van der Waals surface area contributed by atoms with E-state index in [1.165, 1.54) is 12.8 Å². The zero-order valence-corrected chi connectivity index (χ0v) is 14.7. The molecule has 1 saturated carbocycles. The molecule has 0 aromatic rings. The molecule has 1 unspecified atom stereocenters. The summed E-state index contributed by atoms with van der Waals surface area (Å²) in [7, 11) is -2.88. The largest absolute Gasteiger partial charge is 0.297 e. The molecule has 0 spiro atoms. The van der Waals surface area contributed by atoms with Crippen molar-refractivity contribution in [3.8, 4) is 0 Å². The van der Waals surface area contributed by atoms with E-state index in [0.29, 0.717) is 6.42 Å². The van der Waals surface area contributed by atoms with E-state index in [-0.39, 0.29) is 23.1 Å². The highest BCUT2D eigenvalue weighted by atomic mass is 32.2. The van der Waals surface area contributed by atoms with Gasteiger partial charge in [0.2, 0.25) is 0 Å². The average molecular weight is 320 g/mol. The number of nitrogens with one attached hydrogen (secondary N) is 1. The molecule has 0 aliphatic heterocycles. The zero-order valence-electron chi connectivity index (χ0n) is 13.9. The summed E-state index contributed by atoms with van der Waals surface area (Å²) in [5.74, 6) is 6.35. The van der Waals surface area contributed by atoms with E-state index in [2.05, 4.69) is 24.2 Å². The van der Waals surface area contributed by atoms with Crippen LogP contribution in [-0.2, 0) is 9.84 Å². The fraction of sp³-hybridized carbons (Fsp3) is 1.00. The first kappa shape index (κ1) is 18.9. The van der Waals surface area contributed by atoms with Crippen LogP contribution in [0.4, 0.5) is 0 Å². The Balaban J connectivity index is 2.74. The Hall–Kier alpha value is -0.170. The van der Waals surface area contributed by atoms with Gasteiger partial charge in [0, 0.05) is 17.3 Å². The first-order valence-corrected chi connectivity index (χ1v) is 10.2. The summed E-state index contributed by atoms with van der Waals surface area (Å²) in [5, 5.41) is 0. The predicted molar refractivity (Wildman–Crippen MR) is 88.8 cm³/mol. The van der Waals surface area contributed by atoms with Gasteiger partial charge in [-0.1, -0.05) is 33.6 Å². The van der Waals surface area contributed by atoms with Gasteiger partial charge in [0.15, 0.2) is 0 Å². The average Bonchev–Trinajstić information content (AvgIpc) is 2.95. The van der Waals surface area contributed by atoms with E-state index in [1.54, 1.807) is 6.92 Å². The van der Waals surface area contributed by atoms with Crippen LogP contribution in [0, 0.1) is 0 Å². The van der Waals surface area contributed by atoms with Gasteiger partial charge in [-0.3, -0.25) is 16.2 Å². The SMILES string of the molecule is CCN(CC)C1(C(CCCS(=O)(=O)CC)NN)CCCC1. The van der Waals surface area contributed by atoms with Crippen molar-refractivity contribution in [3.63, 3.8) is 0 Å². The molecule has 21 heavy (non-hydrogen) atoms. The monoisotopic (exact) mass is 319 g/mol. The molecule has 0 aromatic carbocycles. The van der Waals surface area contributed by atoms with Crippen molar-refractivity contribution >= 4 is 9.84 Å². The lowest BCUT2D eigenvalue weighted by molar-refractivity contribution is 0.0594. The second-order valence-electron chi connectivity index (χ2n) is 6.08. The lowest BCUT2D eigenvalue weighted by atomic mass is 9.83. The van der Waals surface area contributed by atoms with Gasteiger partial charge in [0.1, 0.15) is 9.84 Å². The highest BCUT2D eigenvalue weighted by molar-refractivity contribution is 7.91. The molecule has 0 amide bonds. The molecular formula is C15H33N3O2S. The maximum Gasteiger partial charge on any atom is 0.150 e. The van der Waals surface area contributed by atoms with Crippen molar-refractivity contribution in [2.24, 2.45) is 5.84 Å². The van der Waals surface area contributed by atoms with Gasteiger partial charge in [0.05, 0.1) is 5.75 Å². The van der Waals surface area contributed by atoms with E-state index in [1.807, 2.05) is 0 Å². The summed E-state index contributed by atoms with van der Waals surface area (Å²) < 4.78 is 23.3. The fourth-order valence-corrected chi connectivity index (χ4v) is 4.78. The Labute approximate surface area is 130 Å². The summed E-state index contributed by atoms with van der Waals surface area (Å²) in [4.78, 5) is 2.51.